The van der Waals surface area contributed by atoms with Gasteiger partial charge in [0.15, 0.2) is 17.0 Å². The van der Waals surface area contributed by atoms with Gasteiger partial charge in [-0.05, 0) is 56.5 Å². The van der Waals surface area contributed by atoms with Gasteiger partial charge in [0.1, 0.15) is 23.8 Å². The topological polar surface area (TPSA) is 120 Å². The third-order valence-corrected chi connectivity index (χ3v) is 8.31. The molecule has 10 heteroatoms. The van der Waals surface area contributed by atoms with Crippen LogP contribution in [-0.4, -0.2) is 54.5 Å². The molecule has 2 N–H and O–H groups in total. The molecule has 39 heavy (non-hydrogen) atoms. The summed E-state index contributed by atoms with van der Waals surface area (Å²) < 4.78 is 42.0. The van der Waals surface area contributed by atoms with Crippen LogP contribution in [0.3, 0.4) is 0 Å². The second-order valence-electron chi connectivity index (χ2n) is 11.4. The second kappa shape index (κ2) is 9.02. The highest BCUT2D eigenvalue weighted by molar-refractivity contribution is 7.86. The Morgan fingerprint density at radius 2 is 1.82 bits per heavy atom. The number of likely N-dealkylation sites (N-methyl/N-ethyl adjacent to an activating group) is 1. The molecule has 5 rings (SSSR count). The van der Waals surface area contributed by atoms with Crippen LogP contribution >= 0.6 is 0 Å². The molecule has 3 aliphatic heterocycles. The van der Waals surface area contributed by atoms with Gasteiger partial charge < -0.3 is 14.7 Å². The molecular formula is C29H32N3O6S+. The lowest BCUT2D eigenvalue weighted by atomic mass is 9.88. The normalized spacial score (nSPS) is 18.4. The quantitative estimate of drug-likeness (QED) is 0.356. The summed E-state index contributed by atoms with van der Waals surface area (Å²) in [5.74, 6) is -0.377. The average molecular weight is 551 g/mol. The lowest BCUT2D eigenvalue weighted by molar-refractivity contribution is -0.137. The number of allylic oxidation sites excluding steroid dienone is 1. The highest BCUT2D eigenvalue weighted by atomic mass is 32.2. The molecule has 0 saturated carbocycles. The fourth-order valence-electron chi connectivity index (χ4n) is 5.56. The minimum Gasteiger partial charge on any atom is -0.481 e. The number of carboxylic acid groups (broad SMARTS) is 1. The van der Waals surface area contributed by atoms with E-state index < -0.39 is 27.4 Å². The molecular weight excluding hydrogens is 518 g/mol. The Balaban J connectivity index is 1.68. The number of hydrogen-bond acceptors (Lipinski definition) is 6. The number of ether oxygens (including phenoxy) is 1. The maximum absolute atomic E-state index is 11.9. The Hall–Kier alpha value is -3.50. The van der Waals surface area contributed by atoms with Crippen LogP contribution in [-0.2, 0) is 14.9 Å². The molecule has 2 aromatic carbocycles. The Morgan fingerprint density at radius 3 is 2.49 bits per heavy atom. The van der Waals surface area contributed by atoms with E-state index in [0.717, 1.165) is 10.9 Å². The van der Waals surface area contributed by atoms with Crippen molar-refractivity contribution in [3.8, 4) is 11.5 Å². The van der Waals surface area contributed by atoms with E-state index in [1.807, 2.05) is 50.1 Å². The predicted octanol–water partition coefficient (Wildman–Crippen LogP) is 3.49. The third kappa shape index (κ3) is 4.98. The van der Waals surface area contributed by atoms with Gasteiger partial charge in [0.2, 0.25) is 5.36 Å². The molecule has 0 aromatic heterocycles. The van der Waals surface area contributed by atoms with Gasteiger partial charge in [0.25, 0.3) is 10.1 Å². The van der Waals surface area contributed by atoms with Crippen molar-refractivity contribution >= 4 is 38.6 Å². The van der Waals surface area contributed by atoms with Crippen LogP contribution < -0.4 is 24.9 Å². The molecule has 0 unspecified atom stereocenters. The maximum Gasteiger partial charge on any atom is 0.303 e. The first kappa shape index (κ1) is 27.1. The Kier molecular flexibility index (Phi) is 6.27. The maximum atomic E-state index is 11.9. The van der Waals surface area contributed by atoms with Crippen LogP contribution in [0.15, 0.2) is 41.4 Å². The first-order chi connectivity index (χ1) is 18.1. The van der Waals surface area contributed by atoms with Crippen molar-refractivity contribution in [3.05, 3.63) is 65.2 Å². The molecule has 3 heterocycles. The van der Waals surface area contributed by atoms with Crippen molar-refractivity contribution in [2.75, 3.05) is 24.2 Å². The molecule has 2 aromatic rings. The van der Waals surface area contributed by atoms with Crippen LogP contribution in [0, 0.1) is 6.92 Å². The Morgan fingerprint density at radius 1 is 1.10 bits per heavy atom. The molecule has 0 spiro atoms. The zero-order valence-electron chi connectivity index (χ0n) is 22.6. The molecule has 0 amide bonds. The zero-order valence-corrected chi connectivity index (χ0v) is 23.5. The summed E-state index contributed by atoms with van der Waals surface area (Å²) in [5.41, 5.74) is 2.80. The van der Waals surface area contributed by atoms with Crippen LogP contribution in [0.4, 0.5) is 11.4 Å². The van der Waals surface area contributed by atoms with E-state index in [4.69, 9.17) is 21.8 Å². The minimum absolute atomic E-state index is 0.000205. The molecule has 0 saturated heterocycles. The van der Waals surface area contributed by atoms with Gasteiger partial charge in [-0.15, -0.1) is 0 Å². The van der Waals surface area contributed by atoms with Crippen LogP contribution in [0.5, 0.6) is 11.5 Å². The standard InChI is InChI=1S/C29H31N3O6S/c1-17-14-28(2,3)31(6)23-12-25-21(10-19(17)23)30-22-11-20-18(16-39(35,36)37)15-29(4,5)32(9-7-8-27(33)34)24(20)13-26(22)38-25/h1,10-15H,7-9,16H2,2-6H3,(H-,33,34,35,36,37)/p+1. The highest BCUT2D eigenvalue weighted by Gasteiger charge is 2.36. The average Bonchev–Trinajstić information content (AvgIpc) is 2.80. The first-order valence-corrected chi connectivity index (χ1v) is 14.3. The first-order valence-electron chi connectivity index (χ1n) is 12.7. The summed E-state index contributed by atoms with van der Waals surface area (Å²) in [6, 6.07) is 7.40. The lowest BCUT2D eigenvalue weighted by Crippen LogP contribution is -2.47. The van der Waals surface area contributed by atoms with E-state index in [1.54, 1.807) is 12.1 Å². The van der Waals surface area contributed by atoms with Gasteiger partial charge in [-0.2, -0.15) is 8.42 Å². The molecule has 0 bridgehead atoms. The summed E-state index contributed by atoms with van der Waals surface area (Å²) in [5, 5.41) is 10.7. The summed E-state index contributed by atoms with van der Waals surface area (Å²) in [6.07, 6.45) is 4.20. The van der Waals surface area contributed by atoms with Gasteiger partial charge >= 0.3 is 5.97 Å². The van der Waals surface area contributed by atoms with E-state index in [1.165, 1.54) is 0 Å². The van der Waals surface area contributed by atoms with Crippen LogP contribution in [0.2, 0.25) is 0 Å². The Bertz CT molecular complexity index is 1720. The second-order valence-corrected chi connectivity index (χ2v) is 12.9. The van der Waals surface area contributed by atoms with Crippen molar-refractivity contribution in [1.82, 2.24) is 4.58 Å². The molecule has 9 nitrogen and oxygen atoms in total. The third-order valence-electron chi connectivity index (χ3n) is 7.63. The van der Waals surface area contributed by atoms with Gasteiger partial charge in [-0.1, -0.05) is 6.08 Å². The van der Waals surface area contributed by atoms with Crippen LogP contribution in [0.25, 0.3) is 11.1 Å². The predicted molar refractivity (Wildman–Crippen MR) is 150 cm³/mol. The van der Waals surface area contributed by atoms with Gasteiger partial charge in [-0.3, -0.25) is 9.35 Å². The number of fused-ring (bicyclic) bond motifs is 4. The number of aliphatic carboxylic acids is 1. The number of carbonyl (C=O) groups is 1. The number of benzene rings is 2. The van der Waals surface area contributed by atoms with Crippen molar-refractivity contribution in [2.45, 2.75) is 51.6 Å². The number of nitrogens with zero attached hydrogens (tertiary/aromatic N) is 3. The molecule has 204 valence electrons. The van der Waals surface area contributed by atoms with E-state index in [0.29, 0.717) is 57.9 Å². The lowest BCUT2D eigenvalue weighted by Gasteiger charge is -2.44. The molecule has 2 radical (unpaired) electrons. The molecule has 3 aliphatic rings. The largest absolute Gasteiger partial charge is 0.481 e. The van der Waals surface area contributed by atoms with E-state index in [2.05, 4.69) is 18.4 Å². The molecule has 0 aliphatic carbocycles. The number of anilines is 1. The van der Waals surface area contributed by atoms with Crippen LogP contribution in [0.1, 0.15) is 51.7 Å². The minimum atomic E-state index is -4.31. The molecule has 0 fully saturated rings. The van der Waals surface area contributed by atoms with Crippen molar-refractivity contribution in [3.63, 3.8) is 0 Å². The van der Waals surface area contributed by atoms with E-state index in [9.17, 15) is 17.8 Å². The summed E-state index contributed by atoms with van der Waals surface area (Å²) in [7, 11) is -2.32. The fraction of sp³-hybridized carbons (Fsp3) is 0.379. The summed E-state index contributed by atoms with van der Waals surface area (Å²) in [6.45, 7) is 14.8. The summed E-state index contributed by atoms with van der Waals surface area (Å²) >= 11 is 0. The van der Waals surface area contributed by atoms with Gasteiger partial charge in [-0.25, -0.2) is 9.57 Å². The van der Waals surface area contributed by atoms with E-state index in [-0.39, 0.29) is 12.0 Å². The summed E-state index contributed by atoms with van der Waals surface area (Å²) in [4.78, 5) is 18.1. The van der Waals surface area contributed by atoms with Crippen molar-refractivity contribution in [2.24, 2.45) is 4.99 Å². The zero-order chi connectivity index (χ0) is 28.5. The number of hydrogen-bond donors (Lipinski definition) is 2. The van der Waals surface area contributed by atoms with Gasteiger partial charge in [0.05, 0.1) is 17.2 Å². The Labute approximate surface area is 228 Å². The van der Waals surface area contributed by atoms with E-state index >= 15 is 0 Å². The number of rotatable bonds is 6. The number of carboxylic acids is 1. The molecule has 0 atom stereocenters. The highest BCUT2D eigenvalue weighted by Crippen LogP contribution is 2.46. The smallest absolute Gasteiger partial charge is 0.303 e. The fourth-order valence-corrected chi connectivity index (χ4v) is 6.19. The monoisotopic (exact) mass is 550 g/mol. The van der Waals surface area contributed by atoms with Crippen molar-refractivity contribution in [1.29, 1.82) is 0 Å². The van der Waals surface area contributed by atoms with Gasteiger partial charge in [0, 0.05) is 44.1 Å². The SMILES string of the molecule is [CH]C1=CC(C)(C)[N+](C)=c2cc3c(cc21)=Nc1cc2c(cc1O3)N(CCCC(=O)O)C(C)(C)C=C2CS(=O)(=O)O. The van der Waals surface area contributed by atoms with Crippen molar-refractivity contribution < 1.29 is 27.6 Å².